The Bertz CT molecular complexity index is 1040. The maximum Gasteiger partial charge on any atom is 0.426 e. The van der Waals surface area contributed by atoms with Crippen molar-refractivity contribution in [1.82, 2.24) is 10.2 Å². The van der Waals surface area contributed by atoms with Crippen LogP contribution in [0.2, 0.25) is 0 Å². The predicted octanol–water partition coefficient (Wildman–Crippen LogP) is 4.42. The number of nitrogens with one attached hydrogen (secondary N) is 1. The molecule has 2 aromatic carbocycles. The number of carbonyl (C=O) groups is 2. The Morgan fingerprint density at radius 3 is 2.32 bits per heavy atom. The topological polar surface area (TPSA) is 75.4 Å². The number of urea groups is 2. The zero-order valence-electron chi connectivity index (χ0n) is 19.0. The first-order valence-electron chi connectivity index (χ1n) is 11.7. The molecule has 2 aliphatic heterocycles. The quantitative estimate of drug-likeness (QED) is 0.608. The molecule has 0 saturated carbocycles. The molecule has 0 radical (unpaired) electrons. The lowest BCUT2D eigenvalue weighted by atomic mass is 9.89. The van der Waals surface area contributed by atoms with Gasteiger partial charge in [0.25, 0.3) is 0 Å². The molecule has 2 aliphatic rings. The average Bonchev–Trinajstić information content (AvgIpc) is 2.83. The van der Waals surface area contributed by atoms with Crippen molar-refractivity contribution in [3.63, 3.8) is 0 Å². The van der Waals surface area contributed by atoms with Crippen LogP contribution in [-0.4, -0.2) is 54.2 Å². The Hall–Kier alpha value is -2.91. The van der Waals surface area contributed by atoms with E-state index >= 15 is 0 Å². The molecule has 0 spiro atoms. The highest BCUT2D eigenvalue weighted by Crippen LogP contribution is 2.36. The number of rotatable bonds is 6. The molecule has 0 bridgehead atoms. The summed E-state index contributed by atoms with van der Waals surface area (Å²) in [7, 11) is 0. The zero-order chi connectivity index (χ0) is 24.3. The van der Waals surface area contributed by atoms with E-state index < -0.39 is 34.2 Å². The summed E-state index contributed by atoms with van der Waals surface area (Å²) in [6, 6.07) is 8.14. The number of carbonyl (C=O) groups excluding carboxylic acids is 2. The van der Waals surface area contributed by atoms with E-state index in [1.807, 2.05) is 12.1 Å². The number of nitrogens with two attached hydrogens (primary N) is 1. The van der Waals surface area contributed by atoms with Crippen LogP contribution in [0.15, 0.2) is 42.5 Å². The number of halogens is 3. The third-order valence-electron chi connectivity index (χ3n) is 7.22. The molecule has 3 N–H and O–H groups in total. The maximum atomic E-state index is 13.9. The molecule has 9 heteroatoms. The van der Waals surface area contributed by atoms with E-state index in [1.54, 1.807) is 0 Å². The van der Waals surface area contributed by atoms with Gasteiger partial charge in [-0.05, 0) is 67.7 Å². The summed E-state index contributed by atoms with van der Waals surface area (Å²) in [5.74, 6) is -1.86. The fraction of sp³-hybridized carbons (Fsp3) is 0.440. The number of primary amides is 1. The van der Waals surface area contributed by atoms with E-state index in [1.165, 1.54) is 18.2 Å². The summed E-state index contributed by atoms with van der Waals surface area (Å²) in [5.41, 5.74) is 7.28. The highest BCUT2D eigenvalue weighted by Gasteiger charge is 2.53. The Balaban J connectivity index is 1.41. The molecule has 4 amide bonds. The minimum absolute atomic E-state index is 0.169. The van der Waals surface area contributed by atoms with Crippen LogP contribution in [0.25, 0.3) is 0 Å². The van der Waals surface area contributed by atoms with E-state index in [0.717, 1.165) is 43.6 Å². The lowest BCUT2D eigenvalue weighted by Gasteiger charge is -2.42. The van der Waals surface area contributed by atoms with Gasteiger partial charge in [0.2, 0.25) is 0 Å². The van der Waals surface area contributed by atoms with Crippen molar-refractivity contribution in [3.05, 3.63) is 71.0 Å². The monoisotopic (exact) mass is 475 g/mol. The van der Waals surface area contributed by atoms with Crippen LogP contribution in [0.5, 0.6) is 0 Å². The number of nitrogens with zero attached hydrogens (tertiary/aromatic N) is 2. The van der Waals surface area contributed by atoms with Crippen molar-refractivity contribution in [2.75, 3.05) is 32.7 Å². The second-order valence-electron chi connectivity index (χ2n) is 9.16. The maximum absolute atomic E-state index is 13.9. The lowest BCUT2D eigenvalue weighted by molar-refractivity contribution is -0.806. The highest BCUT2D eigenvalue weighted by molar-refractivity contribution is 5.82. The van der Waals surface area contributed by atoms with Gasteiger partial charge in [-0.25, -0.2) is 22.8 Å². The molecular formula is C25H30F3N4O2+. The van der Waals surface area contributed by atoms with E-state index in [4.69, 9.17) is 5.73 Å². The van der Waals surface area contributed by atoms with E-state index in [2.05, 4.69) is 10.2 Å². The van der Waals surface area contributed by atoms with Gasteiger partial charge in [-0.15, -0.1) is 0 Å². The standard InChI is InChI=1S/C25H29F3N4O2/c26-20-5-2-17(3-6-20)18-9-13-31(14-10-18)12-1-15-32(24(29)33)23(8-11-30-25(32)34)19-4-7-21(27)22(28)16-19/h2-7,16,18,23H,1,8-15H2,(H2-,29,30,33,34)/p+1/t23-,32?/m0/s1. The number of hydrogen-bond acceptors (Lipinski definition) is 3. The van der Waals surface area contributed by atoms with Gasteiger partial charge < -0.3 is 16.0 Å². The van der Waals surface area contributed by atoms with E-state index in [9.17, 15) is 22.8 Å². The third-order valence-corrected chi connectivity index (χ3v) is 7.22. The molecule has 2 fully saturated rings. The third kappa shape index (κ3) is 4.81. The first kappa shape index (κ1) is 24.2. The molecule has 34 heavy (non-hydrogen) atoms. The zero-order valence-corrected chi connectivity index (χ0v) is 19.0. The molecule has 1 unspecified atom stereocenters. The summed E-state index contributed by atoms with van der Waals surface area (Å²) < 4.78 is 39.9. The smallest absolute Gasteiger partial charge is 0.318 e. The van der Waals surface area contributed by atoms with Crippen LogP contribution in [0.4, 0.5) is 22.8 Å². The second kappa shape index (κ2) is 10.1. The van der Waals surface area contributed by atoms with Crippen LogP contribution in [0.1, 0.15) is 48.8 Å². The number of quaternary nitrogens is 1. The molecule has 0 aromatic heterocycles. The lowest BCUT2D eigenvalue weighted by Crippen LogP contribution is -2.68. The van der Waals surface area contributed by atoms with Gasteiger partial charge in [0.05, 0.1) is 6.54 Å². The van der Waals surface area contributed by atoms with Gasteiger partial charge in [0.15, 0.2) is 11.6 Å². The SMILES string of the molecule is NC(=O)[N+]1(CCCN2CCC(c3ccc(F)cc3)CC2)C(=O)NCC[C@H]1c1ccc(F)c(F)c1. The minimum atomic E-state index is -1.02. The van der Waals surface area contributed by atoms with Crippen molar-refractivity contribution in [2.45, 2.75) is 37.6 Å². The fourth-order valence-electron chi connectivity index (χ4n) is 5.35. The molecule has 0 aliphatic carbocycles. The van der Waals surface area contributed by atoms with Crippen LogP contribution in [-0.2, 0) is 0 Å². The molecule has 2 saturated heterocycles. The highest BCUT2D eigenvalue weighted by atomic mass is 19.2. The van der Waals surface area contributed by atoms with Crippen LogP contribution in [0, 0.1) is 17.5 Å². The number of likely N-dealkylation sites (tertiary alicyclic amines) is 1. The van der Waals surface area contributed by atoms with Crippen LogP contribution < -0.4 is 11.1 Å². The minimum Gasteiger partial charge on any atom is -0.318 e. The van der Waals surface area contributed by atoms with Crippen molar-refractivity contribution in [2.24, 2.45) is 5.73 Å². The number of benzene rings is 2. The Labute approximate surface area is 197 Å². The molecular weight excluding hydrogens is 445 g/mol. The summed E-state index contributed by atoms with van der Waals surface area (Å²) >= 11 is 0. The number of hydrogen-bond donors (Lipinski definition) is 2. The first-order chi connectivity index (χ1) is 16.3. The number of imide groups is 1. The molecule has 2 aromatic rings. The largest absolute Gasteiger partial charge is 0.426 e. The molecule has 6 nitrogen and oxygen atoms in total. The molecule has 182 valence electrons. The van der Waals surface area contributed by atoms with Gasteiger partial charge in [-0.2, -0.15) is 4.48 Å². The van der Waals surface area contributed by atoms with Crippen molar-refractivity contribution in [1.29, 1.82) is 0 Å². The predicted molar refractivity (Wildman–Crippen MR) is 121 cm³/mol. The van der Waals surface area contributed by atoms with Crippen LogP contribution in [0.3, 0.4) is 0 Å². The summed E-state index contributed by atoms with van der Waals surface area (Å²) in [5, 5.41) is 2.72. The van der Waals surface area contributed by atoms with Gasteiger partial charge in [-0.3, -0.25) is 0 Å². The van der Waals surface area contributed by atoms with Crippen LogP contribution >= 0.6 is 0 Å². The van der Waals surface area contributed by atoms with Gasteiger partial charge in [0, 0.05) is 31.5 Å². The molecule has 2 heterocycles. The summed E-state index contributed by atoms with van der Waals surface area (Å²) in [4.78, 5) is 27.9. The number of amides is 4. The Kier molecular flexibility index (Phi) is 7.23. The summed E-state index contributed by atoms with van der Waals surface area (Å²) in [6.07, 6.45) is 2.82. The first-order valence-corrected chi connectivity index (χ1v) is 11.7. The van der Waals surface area contributed by atoms with E-state index in [0.29, 0.717) is 37.4 Å². The number of piperidine rings is 1. The Morgan fingerprint density at radius 1 is 1.00 bits per heavy atom. The van der Waals surface area contributed by atoms with Gasteiger partial charge >= 0.3 is 12.1 Å². The second-order valence-corrected chi connectivity index (χ2v) is 9.16. The van der Waals surface area contributed by atoms with E-state index in [-0.39, 0.29) is 12.4 Å². The Morgan fingerprint density at radius 2 is 1.68 bits per heavy atom. The van der Waals surface area contributed by atoms with Crippen molar-refractivity contribution >= 4 is 12.1 Å². The average molecular weight is 476 g/mol. The van der Waals surface area contributed by atoms with Crippen molar-refractivity contribution < 1.29 is 27.2 Å². The molecule has 4 rings (SSSR count). The normalized spacial score (nSPS) is 24.1. The fourth-order valence-corrected chi connectivity index (χ4v) is 5.35. The van der Waals surface area contributed by atoms with Crippen molar-refractivity contribution in [3.8, 4) is 0 Å². The summed E-state index contributed by atoms with van der Waals surface area (Å²) in [6.45, 7) is 2.89. The molecule has 2 atom stereocenters. The van der Waals surface area contributed by atoms with Gasteiger partial charge in [0.1, 0.15) is 11.9 Å². The van der Waals surface area contributed by atoms with Gasteiger partial charge in [-0.1, -0.05) is 12.1 Å².